The molecular formula is C10H18ClNO3S. The highest BCUT2D eigenvalue weighted by Gasteiger charge is 2.27. The van der Waals surface area contributed by atoms with Crippen molar-refractivity contribution in [2.45, 2.75) is 31.7 Å². The predicted molar refractivity (Wildman–Crippen MR) is 64.4 cm³/mol. The highest BCUT2D eigenvalue weighted by Crippen LogP contribution is 2.20. The van der Waals surface area contributed by atoms with E-state index >= 15 is 0 Å². The van der Waals surface area contributed by atoms with Crippen LogP contribution in [0, 0.1) is 0 Å². The van der Waals surface area contributed by atoms with Crippen LogP contribution in [0.5, 0.6) is 0 Å². The third-order valence-electron chi connectivity index (χ3n) is 2.78. The lowest BCUT2D eigenvalue weighted by Crippen LogP contribution is -2.46. The lowest BCUT2D eigenvalue weighted by atomic mass is 10.00. The van der Waals surface area contributed by atoms with Gasteiger partial charge >= 0.3 is 0 Å². The van der Waals surface area contributed by atoms with E-state index in [2.05, 4.69) is 0 Å². The quantitative estimate of drug-likeness (QED) is 0.715. The molecule has 1 amide bonds. The Kier molecular flexibility index (Phi) is 5.05. The van der Waals surface area contributed by atoms with Crippen molar-refractivity contribution in [2.75, 3.05) is 24.4 Å². The first-order chi connectivity index (χ1) is 7.44. The number of halogens is 1. The number of likely N-dealkylation sites (tertiary alicyclic amines) is 1. The average Bonchev–Trinajstić information content (AvgIpc) is 2.16. The van der Waals surface area contributed by atoms with Crippen LogP contribution in [0.25, 0.3) is 0 Å². The Morgan fingerprint density at radius 2 is 2.12 bits per heavy atom. The average molecular weight is 268 g/mol. The zero-order valence-electron chi connectivity index (χ0n) is 9.49. The summed E-state index contributed by atoms with van der Waals surface area (Å²) in [6, 6.07) is 0.125. The first-order valence-corrected chi connectivity index (χ1v) is 8.06. The van der Waals surface area contributed by atoms with E-state index in [4.69, 9.17) is 11.6 Å². The SMILES string of the molecule is CS(=O)(=O)CC(=O)N1CCCCC1CCCl. The van der Waals surface area contributed by atoms with E-state index in [9.17, 15) is 13.2 Å². The number of alkyl halides is 1. The Morgan fingerprint density at radius 3 is 2.69 bits per heavy atom. The van der Waals surface area contributed by atoms with E-state index in [1.165, 1.54) is 0 Å². The van der Waals surface area contributed by atoms with E-state index in [0.29, 0.717) is 12.4 Å². The Hall–Kier alpha value is -0.290. The molecule has 94 valence electrons. The second-order valence-corrected chi connectivity index (χ2v) is 6.80. The van der Waals surface area contributed by atoms with Crippen LogP contribution < -0.4 is 0 Å². The number of nitrogens with zero attached hydrogens (tertiary/aromatic N) is 1. The van der Waals surface area contributed by atoms with Crippen LogP contribution in [0.1, 0.15) is 25.7 Å². The normalized spacial score (nSPS) is 22.1. The molecule has 1 aliphatic heterocycles. The van der Waals surface area contributed by atoms with Crippen molar-refractivity contribution >= 4 is 27.3 Å². The lowest BCUT2D eigenvalue weighted by Gasteiger charge is -2.35. The molecule has 0 radical (unpaired) electrons. The van der Waals surface area contributed by atoms with Crippen molar-refractivity contribution in [2.24, 2.45) is 0 Å². The van der Waals surface area contributed by atoms with Gasteiger partial charge in [-0.15, -0.1) is 11.6 Å². The van der Waals surface area contributed by atoms with Crippen LogP contribution in [0.15, 0.2) is 0 Å². The molecule has 0 aromatic carbocycles. The van der Waals surface area contributed by atoms with Gasteiger partial charge in [0.05, 0.1) is 0 Å². The molecule has 1 saturated heterocycles. The molecule has 0 spiro atoms. The summed E-state index contributed by atoms with van der Waals surface area (Å²) >= 11 is 5.68. The summed E-state index contributed by atoms with van der Waals surface area (Å²) in [5, 5.41) is 0. The van der Waals surface area contributed by atoms with Gasteiger partial charge in [-0.3, -0.25) is 4.79 Å². The van der Waals surface area contributed by atoms with Gasteiger partial charge in [0.2, 0.25) is 5.91 Å². The van der Waals surface area contributed by atoms with E-state index in [0.717, 1.165) is 31.9 Å². The first-order valence-electron chi connectivity index (χ1n) is 5.47. The third-order valence-corrected chi connectivity index (χ3v) is 3.77. The molecule has 1 aliphatic rings. The number of sulfone groups is 1. The minimum Gasteiger partial charge on any atom is -0.339 e. The molecule has 1 rings (SSSR count). The number of hydrogen-bond donors (Lipinski definition) is 0. The summed E-state index contributed by atoms with van der Waals surface area (Å²) in [5.74, 6) is -0.156. The molecule has 0 aromatic rings. The number of piperidine rings is 1. The molecule has 1 atom stereocenters. The fourth-order valence-electron chi connectivity index (χ4n) is 2.06. The van der Waals surface area contributed by atoms with Crippen LogP contribution in [-0.2, 0) is 14.6 Å². The van der Waals surface area contributed by atoms with Crippen LogP contribution in [0.3, 0.4) is 0 Å². The molecule has 1 heterocycles. The van der Waals surface area contributed by atoms with Crippen LogP contribution in [0.2, 0.25) is 0 Å². The van der Waals surface area contributed by atoms with E-state index < -0.39 is 9.84 Å². The lowest BCUT2D eigenvalue weighted by molar-refractivity contribution is -0.132. The Balaban J connectivity index is 2.64. The molecular weight excluding hydrogens is 250 g/mol. The zero-order chi connectivity index (χ0) is 12.2. The number of hydrogen-bond acceptors (Lipinski definition) is 3. The minimum absolute atomic E-state index is 0.125. The molecule has 0 aliphatic carbocycles. The number of rotatable bonds is 4. The van der Waals surface area contributed by atoms with Crippen LogP contribution in [0.4, 0.5) is 0 Å². The van der Waals surface area contributed by atoms with Gasteiger partial charge in [-0.2, -0.15) is 0 Å². The third kappa shape index (κ3) is 4.29. The molecule has 0 N–H and O–H groups in total. The van der Waals surface area contributed by atoms with Gasteiger partial charge in [0.1, 0.15) is 5.75 Å². The number of carbonyl (C=O) groups excluding carboxylic acids is 1. The van der Waals surface area contributed by atoms with Gasteiger partial charge in [0.15, 0.2) is 9.84 Å². The van der Waals surface area contributed by atoms with Crippen molar-refractivity contribution in [1.82, 2.24) is 4.90 Å². The van der Waals surface area contributed by atoms with Gasteiger partial charge in [-0.25, -0.2) is 8.42 Å². The van der Waals surface area contributed by atoms with Gasteiger partial charge in [0.25, 0.3) is 0 Å². The molecule has 16 heavy (non-hydrogen) atoms. The van der Waals surface area contributed by atoms with Crippen molar-refractivity contribution in [3.63, 3.8) is 0 Å². The topological polar surface area (TPSA) is 54.5 Å². The summed E-state index contributed by atoms with van der Waals surface area (Å²) < 4.78 is 22.2. The van der Waals surface area contributed by atoms with Crippen molar-refractivity contribution in [3.05, 3.63) is 0 Å². The monoisotopic (exact) mass is 267 g/mol. The maximum absolute atomic E-state index is 11.8. The first kappa shape index (κ1) is 13.8. The Bertz CT molecular complexity index is 340. The van der Waals surface area contributed by atoms with E-state index in [-0.39, 0.29) is 17.7 Å². The number of amides is 1. The van der Waals surface area contributed by atoms with Gasteiger partial charge in [-0.1, -0.05) is 0 Å². The van der Waals surface area contributed by atoms with Crippen molar-refractivity contribution < 1.29 is 13.2 Å². The molecule has 6 heteroatoms. The van der Waals surface area contributed by atoms with Crippen LogP contribution in [-0.4, -0.2) is 49.7 Å². The van der Waals surface area contributed by atoms with Gasteiger partial charge in [-0.05, 0) is 25.7 Å². The molecule has 0 bridgehead atoms. The standard InChI is InChI=1S/C10H18ClNO3S/c1-16(14,15)8-10(13)12-7-3-2-4-9(12)5-6-11/h9H,2-8H2,1H3. The zero-order valence-corrected chi connectivity index (χ0v) is 11.1. The highest BCUT2D eigenvalue weighted by molar-refractivity contribution is 7.91. The summed E-state index contributed by atoms with van der Waals surface area (Å²) in [4.78, 5) is 13.5. The second kappa shape index (κ2) is 5.87. The van der Waals surface area contributed by atoms with Crippen molar-refractivity contribution in [1.29, 1.82) is 0 Å². The number of carbonyl (C=O) groups is 1. The van der Waals surface area contributed by atoms with Gasteiger partial charge in [0, 0.05) is 24.7 Å². The fourth-order valence-corrected chi connectivity index (χ4v) is 2.93. The predicted octanol–water partition coefficient (Wildman–Crippen LogP) is 1.04. The maximum atomic E-state index is 11.8. The molecule has 0 saturated carbocycles. The second-order valence-electron chi connectivity index (χ2n) is 4.28. The smallest absolute Gasteiger partial charge is 0.238 e. The largest absolute Gasteiger partial charge is 0.339 e. The maximum Gasteiger partial charge on any atom is 0.238 e. The molecule has 1 unspecified atom stereocenters. The summed E-state index contributed by atoms with van der Waals surface area (Å²) in [6.45, 7) is 0.663. The summed E-state index contributed by atoms with van der Waals surface area (Å²) in [6.07, 6.45) is 4.81. The van der Waals surface area contributed by atoms with Crippen LogP contribution >= 0.6 is 11.6 Å². The Labute approximate surface area is 102 Å². The molecule has 1 fully saturated rings. The summed E-state index contributed by atoms with van der Waals surface area (Å²) in [5.41, 5.74) is 0. The Morgan fingerprint density at radius 1 is 1.44 bits per heavy atom. The minimum atomic E-state index is -3.24. The molecule has 0 aromatic heterocycles. The fraction of sp³-hybridized carbons (Fsp3) is 0.900. The summed E-state index contributed by atoms with van der Waals surface area (Å²) in [7, 11) is -3.24. The van der Waals surface area contributed by atoms with E-state index in [1.54, 1.807) is 4.90 Å². The highest BCUT2D eigenvalue weighted by atomic mass is 35.5. The van der Waals surface area contributed by atoms with E-state index in [1.807, 2.05) is 0 Å². The molecule has 4 nitrogen and oxygen atoms in total. The van der Waals surface area contributed by atoms with Gasteiger partial charge < -0.3 is 4.90 Å². The van der Waals surface area contributed by atoms with Crippen molar-refractivity contribution in [3.8, 4) is 0 Å².